The summed E-state index contributed by atoms with van der Waals surface area (Å²) in [6.45, 7) is 6.38. The van der Waals surface area contributed by atoms with E-state index in [0.29, 0.717) is 5.75 Å². The van der Waals surface area contributed by atoms with Gasteiger partial charge in [0.15, 0.2) is 0 Å². The van der Waals surface area contributed by atoms with Gasteiger partial charge < -0.3 is 4.74 Å². The third kappa shape index (κ3) is 3.55. The molecule has 4 heteroatoms. The van der Waals surface area contributed by atoms with Crippen molar-refractivity contribution in [2.45, 2.75) is 26.2 Å². The summed E-state index contributed by atoms with van der Waals surface area (Å²) in [5.41, 5.74) is 3.36. The van der Waals surface area contributed by atoms with E-state index < -0.39 is 6.09 Å². The standard InChI is InChI=1S/C12H17NO3/c1-12(2,3)9-5-7-10(8-6-9)16-11(14)13-15-4/h5-8H,1-4H3,(H,13,14). The molecule has 1 aromatic carbocycles. The molecule has 0 aliphatic rings. The third-order valence-corrected chi connectivity index (χ3v) is 2.12. The van der Waals surface area contributed by atoms with Gasteiger partial charge in [0, 0.05) is 0 Å². The van der Waals surface area contributed by atoms with Gasteiger partial charge in [-0.3, -0.25) is 4.84 Å². The van der Waals surface area contributed by atoms with Crippen molar-refractivity contribution in [3.63, 3.8) is 0 Å². The molecule has 0 aromatic heterocycles. The zero-order chi connectivity index (χ0) is 12.2. The summed E-state index contributed by atoms with van der Waals surface area (Å²) in [7, 11) is 1.35. The molecule has 0 aliphatic carbocycles. The van der Waals surface area contributed by atoms with Crippen LogP contribution in [0.5, 0.6) is 5.75 Å². The van der Waals surface area contributed by atoms with Crippen molar-refractivity contribution in [1.29, 1.82) is 0 Å². The van der Waals surface area contributed by atoms with Crippen LogP contribution in [0, 0.1) is 0 Å². The SMILES string of the molecule is CONC(=O)Oc1ccc(C(C)(C)C)cc1. The molecular weight excluding hydrogens is 206 g/mol. The predicted molar refractivity (Wildman–Crippen MR) is 61.3 cm³/mol. The molecule has 0 saturated heterocycles. The van der Waals surface area contributed by atoms with Gasteiger partial charge in [0.2, 0.25) is 0 Å². The van der Waals surface area contributed by atoms with Crippen LogP contribution in [0.25, 0.3) is 0 Å². The van der Waals surface area contributed by atoms with Crippen LogP contribution in [0.1, 0.15) is 26.3 Å². The largest absolute Gasteiger partial charge is 0.436 e. The Labute approximate surface area is 95.5 Å². The molecule has 88 valence electrons. The fourth-order valence-electron chi connectivity index (χ4n) is 1.23. The molecule has 0 unspecified atom stereocenters. The lowest BCUT2D eigenvalue weighted by atomic mass is 9.87. The summed E-state index contributed by atoms with van der Waals surface area (Å²) < 4.78 is 4.95. The van der Waals surface area contributed by atoms with Gasteiger partial charge in [0.1, 0.15) is 5.75 Å². The number of ether oxygens (including phenoxy) is 1. The van der Waals surface area contributed by atoms with E-state index in [0.717, 1.165) is 0 Å². The first-order valence-corrected chi connectivity index (χ1v) is 5.05. The Bertz CT molecular complexity index is 352. The van der Waals surface area contributed by atoms with E-state index >= 15 is 0 Å². The molecule has 0 atom stereocenters. The fourth-order valence-corrected chi connectivity index (χ4v) is 1.23. The number of hydrogen-bond donors (Lipinski definition) is 1. The van der Waals surface area contributed by atoms with Crippen LogP contribution < -0.4 is 10.2 Å². The average Bonchev–Trinajstić information content (AvgIpc) is 2.17. The van der Waals surface area contributed by atoms with Crippen molar-refractivity contribution in [2.24, 2.45) is 0 Å². The van der Waals surface area contributed by atoms with Crippen LogP contribution in [0.3, 0.4) is 0 Å². The Morgan fingerprint density at radius 3 is 2.19 bits per heavy atom. The van der Waals surface area contributed by atoms with Crippen molar-refractivity contribution >= 4 is 6.09 Å². The Hall–Kier alpha value is -1.55. The number of nitrogens with one attached hydrogen (secondary N) is 1. The minimum absolute atomic E-state index is 0.0906. The molecule has 0 radical (unpaired) electrons. The summed E-state index contributed by atoms with van der Waals surface area (Å²) in [6.07, 6.45) is -0.633. The average molecular weight is 223 g/mol. The van der Waals surface area contributed by atoms with Crippen molar-refractivity contribution in [2.75, 3.05) is 7.11 Å². The van der Waals surface area contributed by atoms with E-state index in [1.54, 1.807) is 12.1 Å². The second-order valence-corrected chi connectivity index (χ2v) is 4.47. The second kappa shape index (κ2) is 4.99. The van der Waals surface area contributed by atoms with E-state index in [2.05, 4.69) is 31.1 Å². The van der Waals surface area contributed by atoms with E-state index in [-0.39, 0.29) is 5.41 Å². The monoisotopic (exact) mass is 223 g/mol. The number of amides is 1. The summed E-state index contributed by atoms with van der Waals surface area (Å²) in [6, 6.07) is 7.40. The van der Waals surface area contributed by atoms with Crippen LogP contribution in [0.4, 0.5) is 4.79 Å². The highest BCUT2D eigenvalue weighted by molar-refractivity contribution is 5.69. The number of hydroxylamine groups is 1. The van der Waals surface area contributed by atoms with Crippen molar-refractivity contribution in [3.8, 4) is 5.75 Å². The number of carbonyl (C=O) groups excluding carboxylic acids is 1. The van der Waals surface area contributed by atoms with Crippen LogP contribution >= 0.6 is 0 Å². The van der Waals surface area contributed by atoms with Gasteiger partial charge >= 0.3 is 6.09 Å². The zero-order valence-corrected chi connectivity index (χ0v) is 10.0. The maximum absolute atomic E-state index is 11.0. The van der Waals surface area contributed by atoms with E-state index in [1.165, 1.54) is 12.7 Å². The first kappa shape index (κ1) is 12.5. The molecule has 1 amide bonds. The number of benzene rings is 1. The zero-order valence-electron chi connectivity index (χ0n) is 10.0. The quantitative estimate of drug-likeness (QED) is 0.784. The fraction of sp³-hybridized carbons (Fsp3) is 0.417. The number of rotatable bonds is 2. The molecule has 0 heterocycles. The Kier molecular flexibility index (Phi) is 3.90. The lowest BCUT2D eigenvalue weighted by Gasteiger charge is -2.18. The molecule has 4 nitrogen and oxygen atoms in total. The predicted octanol–water partition coefficient (Wildman–Crippen LogP) is 2.63. The maximum atomic E-state index is 11.0. The highest BCUT2D eigenvalue weighted by Crippen LogP contribution is 2.24. The molecule has 0 bridgehead atoms. The molecule has 16 heavy (non-hydrogen) atoms. The smallest absolute Gasteiger partial charge is 0.409 e. The van der Waals surface area contributed by atoms with Crippen LogP contribution in [-0.4, -0.2) is 13.2 Å². The van der Waals surface area contributed by atoms with E-state index in [1.807, 2.05) is 12.1 Å². The molecule has 0 aliphatic heterocycles. The first-order chi connectivity index (χ1) is 7.43. The maximum Gasteiger partial charge on any atom is 0.436 e. The van der Waals surface area contributed by atoms with E-state index in [9.17, 15) is 4.79 Å². The van der Waals surface area contributed by atoms with Crippen LogP contribution in [0.2, 0.25) is 0 Å². The van der Waals surface area contributed by atoms with E-state index in [4.69, 9.17) is 4.74 Å². The van der Waals surface area contributed by atoms with Crippen LogP contribution in [-0.2, 0) is 10.3 Å². The number of hydrogen-bond acceptors (Lipinski definition) is 3. The third-order valence-electron chi connectivity index (χ3n) is 2.12. The number of carbonyl (C=O) groups is 1. The molecule has 0 spiro atoms. The minimum Gasteiger partial charge on any atom is -0.409 e. The Morgan fingerprint density at radius 2 is 1.75 bits per heavy atom. The summed E-state index contributed by atoms with van der Waals surface area (Å²) in [4.78, 5) is 15.5. The van der Waals surface area contributed by atoms with Gasteiger partial charge in [-0.25, -0.2) is 4.79 Å². The Balaban J connectivity index is 2.69. The molecule has 1 rings (SSSR count). The normalized spacial score (nSPS) is 11.0. The highest BCUT2D eigenvalue weighted by atomic mass is 16.7. The summed E-state index contributed by atoms with van der Waals surface area (Å²) in [5.74, 6) is 0.488. The Morgan fingerprint density at radius 1 is 1.19 bits per heavy atom. The molecule has 1 N–H and O–H groups in total. The lowest BCUT2D eigenvalue weighted by molar-refractivity contribution is 0.0846. The van der Waals surface area contributed by atoms with Crippen LogP contribution in [0.15, 0.2) is 24.3 Å². The summed E-state index contributed by atoms with van der Waals surface area (Å²) >= 11 is 0. The van der Waals surface area contributed by atoms with Gasteiger partial charge in [-0.2, -0.15) is 5.48 Å². The molecule has 0 saturated carbocycles. The van der Waals surface area contributed by atoms with Gasteiger partial charge in [0.25, 0.3) is 0 Å². The lowest BCUT2D eigenvalue weighted by Crippen LogP contribution is -2.25. The molecule has 1 aromatic rings. The minimum atomic E-state index is -0.633. The van der Waals surface area contributed by atoms with Crippen molar-refractivity contribution in [1.82, 2.24) is 5.48 Å². The topological polar surface area (TPSA) is 47.6 Å². The summed E-state index contributed by atoms with van der Waals surface area (Å²) in [5, 5.41) is 0. The second-order valence-electron chi connectivity index (χ2n) is 4.47. The van der Waals surface area contributed by atoms with Gasteiger partial charge in [-0.1, -0.05) is 32.9 Å². The first-order valence-electron chi connectivity index (χ1n) is 5.05. The highest BCUT2D eigenvalue weighted by Gasteiger charge is 2.13. The van der Waals surface area contributed by atoms with Gasteiger partial charge in [0.05, 0.1) is 7.11 Å². The van der Waals surface area contributed by atoms with Crippen molar-refractivity contribution < 1.29 is 14.4 Å². The molecule has 0 fully saturated rings. The van der Waals surface area contributed by atoms with Gasteiger partial charge in [-0.05, 0) is 23.1 Å². The molecular formula is C12H17NO3. The van der Waals surface area contributed by atoms with Crippen molar-refractivity contribution in [3.05, 3.63) is 29.8 Å². The van der Waals surface area contributed by atoms with Gasteiger partial charge in [-0.15, -0.1) is 0 Å².